The minimum Gasteiger partial charge on any atom is -0.370 e. The van der Waals surface area contributed by atoms with Crippen LogP contribution < -0.4 is 10.2 Å². The van der Waals surface area contributed by atoms with Crippen molar-refractivity contribution in [2.45, 2.75) is 38.6 Å². The van der Waals surface area contributed by atoms with Gasteiger partial charge < -0.3 is 15.0 Å². The number of rotatable bonds is 10. The summed E-state index contributed by atoms with van der Waals surface area (Å²) >= 11 is 0. The summed E-state index contributed by atoms with van der Waals surface area (Å²) in [4.78, 5) is 22.8. The topological polar surface area (TPSA) is 146 Å². The number of nitrogens with zero attached hydrogens (tertiary/aromatic N) is 7. The molecule has 2 aliphatic rings. The number of ether oxygens (including phenoxy) is 1. The second kappa shape index (κ2) is 12.8. The smallest absolute Gasteiger partial charge is 0.253 e. The number of nitriles is 1. The first kappa shape index (κ1) is 28.7. The van der Waals surface area contributed by atoms with Gasteiger partial charge >= 0.3 is 0 Å². The van der Waals surface area contributed by atoms with Crippen LogP contribution in [0.2, 0.25) is 0 Å². The number of anilines is 3. The van der Waals surface area contributed by atoms with Gasteiger partial charge in [0.2, 0.25) is 16.0 Å². The average Bonchev–Trinajstić information content (AvgIpc) is 3.49. The van der Waals surface area contributed by atoms with Gasteiger partial charge in [-0.25, -0.2) is 22.7 Å². The molecule has 2 fully saturated rings. The van der Waals surface area contributed by atoms with Crippen LogP contribution in [0.15, 0.2) is 48.9 Å². The van der Waals surface area contributed by atoms with Gasteiger partial charge in [-0.15, -0.1) is 0 Å². The Morgan fingerprint density at radius 2 is 1.95 bits per heavy atom. The molecular weight excluding hydrogens is 544 g/mol. The third kappa shape index (κ3) is 6.90. The highest BCUT2D eigenvalue weighted by atomic mass is 32.2. The number of carbonyl (C=O) groups is 1. The van der Waals surface area contributed by atoms with Crippen molar-refractivity contribution < 1.29 is 17.9 Å². The van der Waals surface area contributed by atoms with Crippen LogP contribution in [-0.4, -0.2) is 77.0 Å². The molecule has 0 spiro atoms. The molecule has 0 bridgehead atoms. The quantitative estimate of drug-likeness (QED) is 0.383. The number of carbonyl (C=O) groups excluding carboxylic acids is 1. The van der Waals surface area contributed by atoms with Gasteiger partial charge in [0.15, 0.2) is 0 Å². The molecule has 41 heavy (non-hydrogen) atoms. The molecule has 2 aliphatic heterocycles. The van der Waals surface area contributed by atoms with Crippen LogP contribution in [-0.2, 0) is 19.6 Å². The molecule has 1 N–H and O–H groups in total. The van der Waals surface area contributed by atoms with Gasteiger partial charge in [-0.05, 0) is 62.4 Å². The molecule has 5 rings (SSSR count). The van der Waals surface area contributed by atoms with E-state index in [0.717, 1.165) is 36.2 Å². The number of hydrogen-bond acceptors (Lipinski definition) is 9. The summed E-state index contributed by atoms with van der Waals surface area (Å²) in [7, 11) is -3.17. The Bertz CT molecular complexity index is 1490. The van der Waals surface area contributed by atoms with E-state index in [0.29, 0.717) is 50.2 Å². The fraction of sp³-hybridized carbons (Fsp3) is 0.464. The van der Waals surface area contributed by atoms with Crippen molar-refractivity contribution >= 4 is 33.3 Å². The first-order chi connectivity index (χ1) is 19.9. The molecule has 2 saturated heterocycles. The average molecular weight is 579 g/mol. The van der Waals surface area contributed by atoms with Gasteiger partial charge in [0.1, 0.15) is 6.61 Å². The van der Waals surface area contributed by atoms with Crippen molar-refractivity contribution in [3.05, 3.63) is 48.9 Å². The Morgan fingerprint density at radius 3 is 2.66 bits per heavy atom. The van der Waals surface area contributed by atoms with Gasteiger partial charge in [-0.2, -0.15) is 10.4 Å². The summed E-state index contributed by atoms with van der Waals surface area (Å²) in [5.74, 6) is 0.812. The number of sulfonamides is 1. The van der Waals surface area contributed by atoms with E-state index in [4.69, 9.17) is 4.74 Å². The molecule has 1 aromatic carbocycles. The zero-order valence-corrected chi connectivity index (χ0v) is 23.8. The Kier molecular flexibility index (Phi) is 8.92. The van der Waals surface area contributed by atoms with Crippen LogP contribution in [0.3, 0.4) is 0 Å². The van der Waals surface area contributed by atoms with Gasteiger partial charge in [-0.1, -0.05) is 0 Å². The molecule has 12 nitrogen and oxygen atoms in total. The summed E-state index contributed by atoms with van der Waals surface area (Å²) < 4.78 is 33.0. The lowest BCUT2D eigenvalue weighted by Gasteiger charge is -2.32. The normalized spacial score (nSPS) is 17.8. The second-order valence-electron chi connectivity index (χ2n) is 10.2. The maximum Gasteiger partial charge on any atom is 0.253 e. The minimum atomic E-state index is -3.17. The minimum absolute atomic E-state index is 0.0571. The molecule has 1 atom stereocenters. The number of nitrogens with one attached hydrogen (secondary N) is 1. The Labute approximate surface area is 240 Å². The predicted octanol–water partition coefficient (Wildman–Crippen LogP) is 3.35. The predicted molar refractivity (Wildman–Crippen MR) is 154 cm³/mol. The van der Waals surface area contributed by atoms with Gasteiger partial charge in [0.05, 0.1) is 42.8 Å². The molecule has 2 aromatic heterocycles. The summed E-state index contributed by atoms with van der Waals surface area (Å²) in [6, 6.07) is 11.5. The van der Waals surface area contributed by atoms with Gasteiger partial charge in [0.25, 0.3) is 5.91 Å². The molecule has 1 unspecified atom stereocenters. The van der Waals surface area contributed by atoms with E-state index in [1.165, 1.54) is 0 Å². The maximum absolute atomic E-state index is 12.2. The van der Waals surface area contributed by atoms with E-state index in [9.17, 15) is 18.5 Å². The lowest BCUT2D eigenvalue weighted by molar-refractivity contribution is -0.125. The monoisotopic (exact) mass is 578 g/mol. The largest absolute Gasteiger partial charge is 0.370 e. The van der Waals surface area contributed by atoms with E-state index in [-0.39, 0.29) is 24.3 Å². The molecule has 13 heteroatoms. The van der Waals surface area contributed by atoms with Crippen LogP contribution in [0.5, 0.6) is 0 Å². The molecule has 0 saturated carbocycles. The van der Waals surface area contributed by atoms with E-state index in [1.54, 1.807) is 28.5 Å². The van der Waals surface area contributed by atoms with Crippen LogP contribution in [0, 0.1) is 17.2 Å². The molecule has 0 radical (unpaired) electrons. The van der Waals surface area contributed by atoms with Crippen molar-refractivity contribution in [1.82, 2.24) is 24.1 Å². The molecule has 216 valence electrons. The summed E-state index contributed by atoms with van der Waals surface area (Å²) in [6.45, 7) is 3.86. The van der Waals surface area contributed by atoms with E-state index >= 15 is 0 Å². The lowest BCUT2D eigenvalue weighted by atomic mass is 9.90. The van der Waals surface area contributed by atoms with Crippen molar-refractivity contribution in [1.29, 1.82) is 5.26 Å². The van der Waals surface area contributed by atoms with Crippen LogP contribution in [0.25, 0.3) is 11.3 Å². The van der Waals surface area contributed by atoms with Crippen molar-refractivity contribution in [2.24, 2.45) is 5.92 Å². The van der Waals surface area contributed by atoms with Crippen molar-refractivity contribution in [3.63, 3.8) is 0 Å². The Morgan fingerprint density at radius 1 is 1.17 bits per heavy atom. The number of hydrogen-bond donors (Lipinski definition) is 1. The second-order valence-corrected chi connectivity index (χ2v) is 12.5. The summed E-state index contributed by atoms with van der Waals surface area (Å²) in [6.07, 6.45) is 7.95. The van der Waals surface area contributed by atoms with Crippen LogP contribution in [0.1, 0.15) is 38.6 Å². The van der Waals surface area contributed by atoms with Crippen molar-refractivity contribution in [3.8, 4) is 17.3 Å². The molecule has 4 heterocycles. The van der Waals surface area contributed by atoms with Gasteiger partial charge in [-0.3, -0.25) is 9.48 Å². The molecule has 0 aliphatic carbocycles. The van der Waals surface area contributed by atoms with Gasteiger partial charge in [0, 0.05) is 49.0 Å². The number of piperidine rings is 1. The lowest BCUT2D eigenvalue weighted by Crippen LogP contribution is -2.41. The number of amides is 1. The third-order valence-electron chi connectivity index (χ3n) is 7.61. The van der Waals surface area contributed by atoms with Crippen LogP contribution in [0.4, 0.5) is 17.3 Å². The number of benzene rings is 1. The van der Waals surface area contributed by atoms with E-state index in [1.807, 2.05) is 41.2 Å². The SMILES string of the molecule is CCS(=O)(=O)N1CCC(CC(CC#N)n2cc(-c3ccnc(Nc4ccc(N5CCOCC5=O)cc4)n3)cn2)CC1. The number of morpholine rings is 1. The fourth-order valence-electron chi connectivity index (χ4n) is 5.28. The third-order valence-corrected chi connectivity index (χ3v) is 9.49. The Balaban J connectivity index is 1.23. The summed E-state index contributed by atoms with van der Waals surface area (Å²) in [5.41, 5.74) is 3.10. The van der Waals surface area contributed by atoms with E-state index < -0.39 is 10.0 Å². The molecular formula is C28H34N8O4S. The summed E-state index contributed by atoms with van der Waals surface area (Å²) in [5, 5.41) is 17.2. The zero-order chi connectivity index (χ0) is 28.8. The highest BCUT2D eigenvalue weighted by molar-refractivity contribution is 7.89. The fourth-order valence-corrected chi connectivity index (χ4v) is 6.41. The maximum atomic E-state index is 12.2. The highest BCUT2D eigenvalue weighted by Crippen LogP contribution is 2.30. The van der Waals surface area contributed by atoms with E-state index in [2.05, 4.69) is 26.5 Å². The molecule has 3 aromatic rings. The first-order valence-electron chi connectivity index (χ1n) is 13.8. The van der Waals surface area contributed by atoms with Crippen molar-refractivity contribution in [2.75, 3.05) is 48.8 Å². The first-order valence-corrected chi connectivity index (χ1v) is 15.4. The van der Waals surface area contributed by atoms with Crippen LogP contribution >= 0.6 is 0 Å². The Hall–Kier alpha value is -3.86. The standard InChI is InChI=1S/C28H34N8O4S/c1-2-41(38,39)34-13-9-21(10-14-34)17-25(7-11-29)36-19-22(18-31-36)26-8-12-30-28(33-26)32-23-3-5-24(6-4-23)35-15-16-40-20-27(35)37/h3-6,8,12,18-19,21,25H,2,7,9-10,13-17,20H2,1H3,(H,30,32,33). The highest BCUT2D eigenvalue weighted by Gasteiger charge is 2.29. The molecule has 1 amide bonds. The number of aromatic nitrogens is 4. The zero-order valence-electron chi connectivity index (χ0n) is 23.0.